The van der Waals surface area contributed by atoms with Gasteiger partial charge in [0.2, 0.25) is 0 Å². The highest BCUT2D eigenvalue weighted by Crippen LogP contribution is 2.27. The number of nitrogens with zero attached hydrogens (tertiary/aromatic N) is 3. The van der Waals surface area contributed by atoms with E-state index in [1.807, 2.05) is 18.2 Å². The Kier molecular flexibility index (Phi) is 8.45. The zero-order valence-electron chi connectivity index (χ0n) is 13.5. The number of amides is 3. The van der Waals surface area contributed by atoms with Crippen LogP contribution in [0.2, 0.25) is 0 Å². The van der Waals surface area contributed by atoms with Gasteiger partial charge >= 0.3 is 6.03 Å². The molecule has 0 radical (unpaired) electrons. The fraction of sp³-hybridized carbons (Fsp3) is 0.562. The van der Waals surface area contributed by atoms with Gasteiger partial charge in [-0.3, -0.25) is 14.7 Å². The molecule has 3 rings (SSSR count). The van der Waals surface area contributed by atoms with Gasteiger partial charge in [-0.1, -0.05) is 6.07 Å². The molecule has 0 aliphatic carbocycles. The number of hydrogen-bond acceptors (Lipinski definition) is 4. The summed E-state index contributed by atoms with van der Waals surface area (Å²) in [5, 5.41) is 3.33. The summed E-state index contributed by atoms with van der Waals surface area (Å²) in [6.45, 7) is 2.88. The molecule has 1 aromatic rings. The highest BCUT2D eigenvalue weighted by atomic mass is 35.5. The Labute approximate surface area is 154 Å². The van der Waals surface area contributed by atoms with Gasteiger partial charge in [0.1, 0.15) is 6.04 Å². The van der Waals surface area contributed by atoms with Gasteiger partial charge in [-0.2, -0.15) is 0 Å². The van der Waals surface area contributed by atoms with Crippen LogP contribution in [0.4, 0.5) is 4.79 Å². The second-order valence-corrected chi connectivity index (χ2v) is 5.83. The van der Waals surface area contributed by atoms with Crippen LogP contribution in [0, 0.1) is 0 Å². The molecule has 2 fully saturated rings. The number of imide groups is 1. The largest absolute Gasteiger partial charge is 0.327 e. The molecule has 1 unspecified atom stereocenters. The molecule has 6 nitrogen and oxygen atoms in total. The minimum absolute atomic E-state index is 0. The Morgan fingerprint density at radius 1 is 1.21 bits per heavy atom. The molecule has 0 aromatic carbocycles. The van der Waals surface area contributed by atoms with E-state index in [4.69, 9.17) is 0 Å². The van der Waals surface area contributed by atoms with Crippen molar-refractivity contribution in [1.29, 1.82) is 0 Å². The molecule has 0 saturated carbocycles. The van der Waals surface area contributed by atoms with Gasteiger partial charge in [0.05, 0.1) is 5.69 Å². The van der Waals surface area contributed by atoms with Crippen molar-refractivity contribution in [1.82, 2.24) is 20.1 Å². The van der Waals surface area contributed by atoms with Gasteiger partial charge in [0.15, 0.2) is 0 Å². The van der Waals surface area contributed by atoms with Gasteiger partial charge in [-0.25, -0.2) is 4.79 Å². The molecular weight excluding hydrogens is 351 g/mol. The number of fused-ring (bicyclic) bond motifs is 1. The Balaban J connectivity index is 0.00000144. The average molecular weight is 375 g/mol. The molecule has 134 valence electrons. The lowest BCUT2D eigenvalue weighted by Gasteiger charge is -2.15. The van der Waals surface area contributed by atoms with Crippen LogP contribution >= 0.6 is 24.8 Å². The Morgan fingerprint density at radius 3 is 2.75 bits per heavy atom. The number of carbonyl (C=O) groups is 2. The zero-order chi connectivity index (χ0) is 15.4. The third kappa shape index (κ3) is 4.59. The van der Waals surface area contributed by atoms with Gasteiger partial charge < -0.3 is 10.2 Å². The van der Waals surface area contributed by atoms with Crippen molar-refractivity contribution in [2.75, 3.05) is 19.6 Å². The van der Waals surface area contributed by atoms with E-state index in [1.165, 1.54) is 4.90 Å². The molecule has 24 heavy (non-hydrogen) atoms. The minimum Gasteiger partial charge on any atom is -0.312 e. The summed E-state index contributed by atoms with van der Waals surface area (Å²) in [4.78, 5) is 31.7. The molecule has 3 amide bonds. The molecule has 0 bridgehead atoms. The summed E-state index contributed by atoms with van der Waals surface area (Å²) in [5.41, 5.74) is 1.02. The van der Waals surface area contributed by atoms with Crippen molar-refractivity contribution in [3.63, 3.8) is 0 Å². The molecule has 1 aromatic heterocycles. The molecule has 1 N–H and O–H groups in total. The summed E-state index contributed by atoms with van der Waals surface area (Å²) in [6.07, 6.45) is 5.34. The first kappa shape index (κ1) is 20.7. The number of unbranched alkanes of at least 4 members (excludes halogenated alkanes) is 1. The van der Waals surface area contributed by atoms with Crippen molar-refractivity contribution in [2.24, 2.45) is 0 Å². The van der Waals surface area contributed by atoms with Crippen LogP contribution in [0.5, 0.6) is 0 Å². The van der Waals surface area contributed by atoms with Crippen LogP contribution in [0.1, 0.15) is 31.4 Å². The normalized spacial score (nSPS) is 19.1. The number of nitrogens with one attached hydrogen (secondary N) is 1. The molecular formula is C16H24Cl2N4O2. The summed E-state index contributed by atoms with van der Waals surface area (Å²) in [6, 6.07) is 5.60. The number of pyridine rings is 1. The van der Waals surface area contributed by atoms with Crippen molar-refractivity contribution >= 4 is 36.8 Å². The van der Waals surface area contributed by atoms with Crippen LogP contribution in [0.3, 0.4) is 0 Å². The lowest BCUT2D eigenvalue weighted by atomic mass is 10.2. The smallest absolute Gasteiger partial charge is 0.312 e. The van der Waals surface area contributed by atoms with Crippen molar-refractivity contribution in [3.05, 3.63) is 30.1 Å². The predicted molar refractivity (Wildman–Crippen MR) is 96.5 cm³/mol. The second kappa shape index (κ2) is 9.81. The van der Waals surface area contributed by atoms with Gasteiger partial charge in [0, 0.05) is 25.8 Å². The Hall–Kier alpha value is -1.37. The van der Waals surface area contributed by atoms with E-state index in [0.717, 1.165) is 51.0 Å². The van der Waals surface area contributed by atoms with Crippen molar-refractivity contribution < 1.29 is 9.59 Å². The quantitative estimate of drug-likeness (QED) is 0.586. The highest BCUT2D eigenvalue weighted by Gasteiger charge is 2.46. The molecule has 2 aliphatic heterocycles. The van der Waals surface area contributed by atoms with Crippen LogP contribution in [0.25, 0.3) is 0 Å². The topological polar surface area (TPSA) is 65.5 Å². The zero-order valence-corrected chi connectivity index (χ0v) is 15.2. The summed E-state index contributed by atoms with van der Waals surface area (Å²) >= 11 is 0. The van der Waals surface area contributed by atoms with Crippen LogP contribution in [0.15, 0.2) is 24.4 Å². The number of carbonyl (C=O) groups excluding carboxylic acids is 2. The van der Waals surface area contributed by atoms with Crippen LogP contribution in [-0.4, -0.2) is 52.4 Å². The first-order valence-corrected chi connectivity index (χ1v) is 8.00. The lowest BCUT2D eigenvalue weighted by Crippen LogP contribution is -2.34. The summed E-state index contributed by atoms with van der Waals surface area (Å²) < 4.78 is 0. The number of halogens is 2. The first-order valence-electron chi connectivity index (χ1n) is 8.00. The monoisotopic (exact) mass is 374 g/mol. The van der Waals surface area contributed by atoms with Crippen LogP contribution < -0.4 is 5.32 Å². The number of hydrogen-bond donors (Lipinski definition) is 1. The highest BCUT2D eigenvalue weighted by molar-refractivity contribution is 6.04. The molecule has 2 aliphatic rings. The third-order valence-corrected chi connectivity index (χ3v) is 4.30. The van der Waals surface area contributed by atoms with E-state index < -0.39 is 0 Å². The standard InChI is InChI=1S/C16H22N4O2.2ClH/c21-15-14-7-5-11-19(14)16(22)20(15)10-4-3-8-17-12-13-6-1-2-9-18-13;;/h1-2,6,9,14,17H,3-5,7-8,10-12H2;2*1H. The van der Waals surface area contributed by atoms with E-state index >= 15 is 0 Å². The molecule has 8 heteroatoms. The molecule has 2 saturated heterocycles. The summed E-state index contributed by atoms with van der Waals surface area (Å²) in [7, 11) is 0. The first-order chi connectivity index (χ1) is 10.8. The minimum atomic E-state index is -0.171. The maximum atomic E-state index is 12.1. The maximum absolute atomic E-state index is 12.1. The van der Waals surface area contributed by atoms with Crippen molar-refractivity contribution in [3.8, 4) is 0 Å². The Bertz CT molecular complexity index is 522. The van der Waals surface area contributed by atoms with Crippen LogP contribution in [-0.2, 0) is 11.3 Å². The maximum Gasteiger partial charge on any atom is 0.327 e. The SMILES string of the molecule is Cl.Cl.O=C1C2CCCN2C(=O)N1CCCCNCc1ccccn1. The van der Waals surface area contributed by atoms with E-state index in [-0.39, 0.29) is 42.8 Å². The van der Waals surface area contributed by atoms with E-state index in [1.54, 1.807) is 11.1 Å². The Morgan fingerprint density at radius 2 is 2.04 bits per heavy atom. The predicted octanol–water partition coefficient (Wildman–Crippen LogP) is 2.22. The fourth-order valence-electron chi connectivity index (χ4n) is 3.13. The second-order valence-electron chi connectivity index (χ2n) is 5.83. The van der Waals surface area contributed by atoms with E-state index in [0.29, 0.717) is 6.54 Å². The van der Waals surface area contributed by atoms with Crippen molar-refractivity contribution in [2.45, 2.75) is 38.3 Å². The molecule has 1 atom stereocenters. The number of rotatable bonds is 7. The van der Waals surface area contributed by atoms with Gasteiger partial charge in [-0.15, -0.1) is 24.8 Å². The van der Waals surface area contributed by atoms with E-state index in [2.05, 4.69) is 10.3 Å². The van der Waals surface area contributed by atoms with Gasteiger partial charge in [0.25, 0.3) is 5.91 Å². The fourth-order valence-corrected chi connectivity index (χ4v) is 3.13. The van der Waals surface area contributed by atoms with E-state index in [9.17, 15) is 9.59 Å². The van der Waals surface area contributed by atoms with Gasteiger partial charge in [-0.05, 0) is 44.4 Å². The molecule has 0 spiro atoms. The summed E-state index contributed by atoms with van der Waals surface area (Å²) in [5.74, 6) is 0.00365. The number of urea groups is 1. The molecule has 3 heterocycles. The number of aromatic nitrogens is 1. The third-order valence-electron chi connectivity index (χ3n) is 4.30. The average Bonchev–Trinajstić information content (AvgIpc) is 3.10. The lowest BCUT2D eigenvalue weighted by molar-refractivity contribution is -0.128.